The lowest BCUT2D eigenvalue weighted by atomic mass is 10.0. The first kappa shape index (κ1) is 19.8. The first-order valence-corrected chi connectivity index (χ1v) is 9.10. The average molecular weight is 375 g/mol. The number of nitriles is 3. The fourth-order valence-corrected chi connectivity index (χ4v) is 3.72. The van der Waals surface area contributed by atoms with Crippen LogP contribution < -0.4 is 11.3 Å². The van der Waals surface area contributed by atoms with Crippen LogP contribution in [-0.4, -0.2) is 10.3 Å². The molecule has 0 aliphatic heterocycles. The maximum Gasteiger partial charge on any atom is 0.265 e. The number of thioether (sulfide) groups is 1. The number of nitrogens with two attached hydrogens (primary N) is 1. The van der Waals surface area contributed by atoms with Crippen molar-refractivity contribution >= 4 is 22.5 Å². The van der Waals surface area contributed by atoms with Crippen LogP contribution in [0.4, 0.5) is 5.82 Å². The van der Waals surface area contributed by atoms with Gasteiger partial charge in [0.2, 0.25) is 0 Å². The van der Waals surface area contributed by atoms with Crippen molar-refractivity contribution in [1.82, 2.24) is 4.57 Å². The summed E-state index contributed by atoms with van der Waals surface area (Å²) < 4.78 is 1.28. The maximum absolute atomic E-state index is 13.4. The highest BCUT2D eigenvalue weighted by Crippen LogP contribution is 2.33. The van der Waals surface area contributed by atoms with E-state index < -0.39 is 5.56 Å². The highest BCUT2D eigenvalue weighted by atomic mass is 32.2. The van der Waals surface area contributed by atoms with Crippen LogP contribution in [-0.2, 0) is 0 Å². The molecule has 0 atom stereocenters. The third kappa shape index (κ3) is 3.44. The summed E-state index contributed by atoms with van der Waals surface area (Å²) in [7, 11) is 0. The van der Waals surface area contributed by atoms with E-state index >= 15 is 0 Å². The van der Waals surface area contributed by atoms with E-state index in [1.807, 2.05) is 38.1 Å². The predicted octanol–water partition coefficient (Wildman–Crippen LogP) is 3.42. The van der Waals surface area contributed by atoms with E-state index in [0.717, 1.165) is 5.56 Å². The van der Waals surface area contributed by atoms with Crippen molar-refractivity contribution in [3.63, 3.8) is 0 Å². The molecular weight excluding hydrogens is 358 g/mol. The van der Waals surface area contributed by atoms with Gasteiger partial charge in [-0.25, -0.2) is 0 Å². The molecule has 1 aromatic heterocycles. The summed E-state index contributed by atoms with van der Waals surface area (Å²) in [6.45, 7) is 5.30. The van der Waals surface area contributed by atoms with Gasteiger partial charge in [0.25, 0.3) is 5.56 Å². The van der Waals surface area contributed by atoms with Crippen LogP contribution in [0.3, 0.4) is 0 Å². The standard InChI is InChI=1S/C20H17N5OS/c1-4-27-18(14(9-21)10-22)17-13(3)15(11-23)19(24)25(20(17)26)16-8-6-5-7-12(16)2/h5-8H,4,24H2,1-3H3. The largest absolute Gasteiger partial charge is 0.384 e. The summed E-state index contributed by atoms with van der Waals surface area (Å²) in [5.41, 5.74) is 7.58. The molecule has 0 radical (unpaired) electrons. The lowest BCUT2D eigenvalue weighted by molar-refractivity contribution is 0.972. The lowest BCUT2D eigenvalue weighted by Gasteiger charge is -2.19. The third-order valence-corrected chi connectivity index (χ3v) is 5.08. The molecule has 2 N–H and O–H groups in total. The summed E-state index contributed by atoms with van der Waals surface area (Å²) in [6.07, 6.45) is 0. The minimum Gasteiger partial charge on any atom is -0.384 e. The number of rotatable bonds is 4. The Hall–Kier alpha value is -3.47. The molecule has 7 heteroatoms. The number of para-hydroxylation sites is 1. The number of anilines is 1. The van der Waals surface area contributed by atoms with Crippen molar-refractivity contribution in [3.8, 4) is 23.9 Å². The molecule has 27 heavy (non-hydrogen) atoms. The zero-order valence-electron chi connectivity index (χ0n) is 15.2. The first-order chi connectivity index (χ1) is 12.9. The molecule has 2 aromatic rings. The van der Waals surface area contributed by atoms with Crippen LogP contribution >= 0.6 is 11.8 Å². The quantitative estimate of drug-likeness (QED) is 0.818. The van der Waals surface area contributed by atoms with Crippen molar-refractivity contribution in [2.24, 2.45) is 0 Å². The molecule has 2 rings (SSSR count). The molecule has 0 aliphatic carbocycles. The summed E-state index contributed by atoms with van der Waals surface area (Å²) in [4.78, 5) is 13.7. The zero-order valence-corrected chi connectivity index (χ0v) is 16.0. The molecule has 6 nitrogen and oxygen atoms in total. The van der Waals surface area contributed by atoms with E-state index in [0.29, 0.717) is 17.0 Å². The highest BCUT2D eigenvalue weighted by molar-refractivity contribution is 8.08. The number of aryl methyl sites for hydroxylation is 1. The number of hydrogen-bond acceptors (Lipinski definition) is 6. The van der Waals surface area contributed by atoms with Crippen LogP contribution in [0.5, 0.6) is 0 Å². The van der Waals surface area contributed by atoms with E-state index in [9.17, 15) is 20.6 Å². The van der Waals surface area contributed by atoms with E-state index in [2.05, 4.69) is 6.07 Å². The van der Waals surface area contributed by atoms with E-state index in [1.165, 1.54) is 16.3 Å². The van der Waals surface area contributed by atoms with Gasteiger partial charge in [0.05, 0.1) is 16.8 Å². The van der Waals surface area contributed by atoms with E-state index in [4.69, 9.17) is 5.73 Å². The Balaban J connectivity index is 3.09. The van der Waals surface area contributed by atoms with Gasteiger partial charge in [0.15, 0.2) is 0 Å². The summed E-state index contributed by atoms with van der Waals surface area (Å²) in [6, 6.07) is 12.9. The second kappa shape index (κ2) is 8.27. The molecule has 0 aliphatic rings. The average Bonchev–Trinajstić information content (AvgIpc) is 2.64. The predicted molar refractivity (Wildman–Crippen MR) is 107 cm³/mol. The van der Waals surface area contributed by atoms with Gasteiger partial charge in [-0.05, 0) is 36.8 Å². The third-order valence-electron chi connectivity index (χ3n) is 4.10. The Morgan fingerprint density at radius 1 is 1.19 bits per heavy atom. The Kier molecular flexibility index (Phi) is 6.08. The second-order valence-corrected chi connectivity index (χ2v) is 6.93. The van der Waals surface area contributed by atoms with E-state index in [-0.39, 0.29) is 27.4 Å². The van der Waals surface area contributed by atoms with Crippen LogP contribution in [0.15, 0.2) is 34.6 Å². The molecular formula is C20H17N5OS. The van der Waals surface area contributed by atoms with Gasteiger partial charge in [0, 0.05) is 4.91 Å². The molecule has 1 aromatic carbocycles. The Morgan fingerprint density at radius 3 is 2.33 bits per heavy atom. The molecule has 0 saturated carbocycles. The van der Waals surface area contributed by atoms with Gasteiger partial charge in [0.1, 0.15) is 29.6 Å². The number of aromatic nitrogens is 1. The number of hydrogen-bond donors (Lipinski definition) is 1. The highest BCUT2D eigenvalue weighted by Gasteiger charge is 2.24. The monoisotopic (exact) mass is 375 g/mol. The fraction of sp³-hybridized carbons (Fsp3) is 0.200. The Morgan fingerprint density at radius 2 is 1.81 bits per heavy atom. The summed E-state index contributed by atoms with van der Waals surface area (Å²) >= 11 is 1.22. The van der Waals surface area contributed by atoms with Gasteiger partial charge < -0.3 is 5.73 Å². The number of nitrogen functional groups attached to an aromatic ring is 1. The van der Waals surface area contributed by atoms with Gasteiger partial charge in [-0.2, -0.15) is 15.8 Å². The minimum atomic E-state index is -0.461. The lowest BCUT2D eigenvalue weighted by Crippen LogP contribution is -2.28. The smallest absolute Gasteiger partial charge is 0.265 e. The Labute approximate surface area is 161 Å². The minimum absolute atomic E-state index is 0.0364. The number of nitrogens with zero attached hydrogens (tertiary/aromatic N) is 4. The summed E-state index contributed by atoms with van der Waals surface area (Å²) in [5, 5.41) is 28.3. The zero-order chi connectivity index (χ0) is 20.1. The Bertz CT molecular complexity index is 1110. The van der Waals surface area contributed by atoms with Crippen LogP contribution in [0.2, 0.25) is 0 Å². The molecule has 0 bridgehead atoms. The number of benzene rings is 1. The molecule has 1 heterocycles. The van der Waals surface area contributed by atoms with Crippen molar-refractivity contribution in [2.75, 3.05) is 11.5 Å². The van der Waals surface area contributed by atoms with Crippen molar-refractivity contribution in [2.45, 2.75) is 20.8 Å². The van der Waals surface area contributed by atoms with Crippen LogP contribution in [0.1, 0.15) is 29.2 Å². The number of pyridine rings is 1. The normalized spacial score (nSPS) is 9.78. The van der Waals surface area contributed by atoms with Crippen LogP contribution in [0.25, 0.3) is 10.6 Å². The van der Waals surface area contributed by atoms with Crippen LogP contribution in [0, 0.1) is 47.8 Å². The summed E-state index contributed by atoms with van der Waals surface area (Å²) in [5.74, 6) is 0.590. The molecule has 0 amide bonds. The molecule has 0 saturated heterocycles. The molecule has 0 spiro atoms. The second-order valence-electron chi connectivity index (χ2n) is 5.66. The SMILES string of the molecule is CCSC(=C(C#N)C#N)c1c(C)c(C#N)c(N)n(-c2ccccc2C)c1=O. The van der Waals surface area contributed by atoms with Gasteiger partial charge in [-0.15, -0.1) is 11.8 Å². The van der Waals surface area contributed by atoms with Gasteiger partial charge >= 0.3 is 0 Å². The molecule has 134 valence electrons. The van der Waals surface area contributed by atoms with Crippen molar-refractivity contribution in [3.05, 3.63) is 62.4 Å². The van der Waals surface area contributed by atoms with Crippen molar-refractivity contribution in [1.29, 1.82) is 15.8 Å². The number of allylic oxidation sites excluding steroid dienone is 1. The molecule has 0 unspecified atom stereocenters. The molecule has 0 fully saturated rings. The van der Waals surface area contributed by atoms with Gasteiger partial charge in [-0.1, -0.05) is 25.1 Å². The first-order valence-electron chi connectivity index (χ1n) is 8.11. The topological polar surface area (TPSA) is 119 Å². The van der Waals surface area contributed by atoms with Gasteiger partial charge in [-0.3, -0.25) is 9.36 Å². The van der Waals surface area contributed by atoms with Crippen molar-refractivity contribution < 1.29 is 0 Å². The maximum atomic E-state index is 13.4. The fourth-order valence-electron chi connectivity index (χ4n) is 2.81. The van der Waals surface area contributed by atoms with E-state index in [1.54, 1.807) is 19.1 Å².